The molecule has 19 heavy (non-hydrogen) atoms. The lowest BCUT2D eigenvalue weighted by molar-refractivity contribution is 0.0872. The third-order valence-electron chi connectivity index (χ3n) is 3.63. The second-order valence-corrected chi connectivity index (χ2v) is 6.25. The summed E-state index contributed by atoms with van der Waals surface area (Å²) < 4.78 is 0.824. The lowest BCUT2D eigenvalue weighted by Gasteiger charge is -2.31. The van der Waals surface area contributed by atoms with Crippen molar-refractivity contribution in [3.05, 3.63) is 33.3 Å². The van der Waals surface area contributed by atoms with Crippen molar-refractivity contribution in [2.75, 3.05) is 6.61 Å². The maximum absolute atomic E-state index is 12.2. The normalized spacial score (nSPS) is 23.1. The number of carbonyl (C=O) groups excluding carboxylic acids is 1. The van der Waals surface area contributed by atoms with E-state index in [2.05, 4.69) is 21.2 Å². The van der Waals surface area contributed by atoms with E-state index in [9.17, 15) is 9.90 Å². The summed E-state index contributed by atoms with van der Waals surface area (Å²) in [5.74, 6) is -0.0136. The van der Waals surface area contributed by atoms with Crippen molar-refractivity contribution in [2.24, 2.45) is 5.92 Å². The first-order chi connectivity index (χ1) is 9.11. The van der Waals surface area contributed by atoms with Crippen LogP contribution in [-0.2, 0) is 0 Å². The highest BCUT2D eigenvalue weighted by molar-refractivity contribution is 9.10. The van der Waals surface area contributed by atoms with Gasteiger partial charge in [-0.05, 0) is 31.0 Å². The van der Waals surface area contributed by atoms with Crippen LogP contribution in [0.3, 0.4) is 0 Å². The Morgan fingerprint density at radius 3 is 2.89 bits per heavy atom. The molecule has 3 nitrogen and oxygen atoms in total. The summed E-state index contributed by atoms with van der Waals surface area (Å²) >= 11 is 9.38. The first-order valence-corrected chi connectivity index (χ1v) is 7.65. The topological polar surface area (TPSA) is 49.3 Å². The molecule has 2 atom stereocenters. The summed E-state index contributed by atoms with van der Waals surface area (Å²) in [4.78, 5) is 12.2. The van der Waals surface area contributed by atoms with Crippen LogP contribution >= 0.6 is 27.5 Å². The largest absolute Gasteiger partial charge is 0.396 e. The molecule has 1 aliphatic rings. The highest BCUT2D eigenvalue weighted by Crippen LogP contribution is 2.26. The number of carbonyl (C=O) groups is 1. The van der Waals surface area contributed by atoms with Gasteiger partial charge in [-0.25, -0.2) is 0 Å². The number of halogens is 2. The predicted octanol–water partition coefficient (Wildman–Crippen LogP) is 3.38. The standard InChI is InChI=1S/C14H17BrClNO2/c15-10-5-6-12(16)11(7-10)14(19)17-13-4-2-1-3-9(13)8-18/h5-7,9,13,18H,1-4,8H2,(H,17,19). The summed E-state index contributed by atoms with van der Waals surface area (Å²) in [6.45, 7) is 0.122. The summed E-state index contributed by atoms with van der Waals surface area (Å²) in [5, 5.41) is 12.8. The zero-order chi connectivity index (χ0) is 13.8. The van der Waals surface area contributed by atoms with E-state index in [1.54, 1.807) is 18.2 Å². The van der Waals surface area contributed by atoms with Gasteiger partial charge in [0.25, 0.3) is 5.91 Å². The van der Waals surface area contributed by atoms with E-state index in [-0.39, 0.29) is 24.5 Å². The minimum atomic E-state index is -0.170. The fourth-order valence-electron chi connectivity index (χ4n) is 2.53. The zero-order valence-electron chi connectivity index (χ0n) is 10.5. The molecule has 0 saturated heterocycles. The van der Waals surface area contributed by atoms with Crippen molar-refractivity contribution in [1.82, 2.24) is 5.32 Å². The van der Waals surface area contributed by atoms with Gasteiger partial charge >= 0.3 is 0 Å². The van der Waals surface area contributed by atoms with Crippen molar-refractivity contribution < 1.29 is 9.90 Å². The number of aliphatic hydroxyl groups is 1. The van der Waals surface area contributed by atoms with Crippen LogP contribution in [0, 0.1) is 5.92 Å². The molecule has 1 aromatic carbocycles. The fourth-order valence-corrected chi connectivity index (χ4v) is 3.10. The molecule has 0 radical (unpaired) electrons. The van der Waals surface area contributed by atoms with Crippen LogP contribution in [0.5, 0.6) is 0 Å². The maximum Gasteiger partial charge on any atom is 0.253 e. The third kappa shape index (κ3) is 3.71. The molecular formula is C14H17BrClNO2. The molecule has 0 aliphatic heterocycles. The Kier molecular flexibility index (Phi) is 5.25. The van der Waals surface area contributed by atoms with Crippen LogP contribution in [0.2, 0.25) is 5.02 Å². The lowest BCUT2D eigenvalue weighted by atomic mass is 9.85. The molecule has 2 N–H and O–H groups in total. The number of aliphatic hydroxyl groups excluding tert-OH is 1. The SMILES string of the molecule is O=C(NC1CCCCC1CO)c1cc(Br)ccc1Cl. The van der Waals surface area contributed by atoms with Crippen LogP contribution in [0.15, 0.2) is 22.7 Å². The van der Waals surface area contributed by atoms with Crippen LogP contribution in [0.1, 0.15) is 36.0 Å². The van der Waals surface area contributed by atoms with Gasteiger partial charge in [-0.3, -0.25) is 4.79 Å². The van der Waals surface area contributed by atoms with E-state index in [0.29, 0.717) is 10.6 Å². The number of nitrogens with one attached hydrogen (secondary N) is 1. The number of amides is 1. The van der Waals surface area contributed by atoms with Crippen molar-refractivity contribution in [1.29, 1.82) is 0 Å². The van der Waals surface area contributed by atoms with Gasteiger partial charge in [0, 0.05) is 23.0 Å². The molecule has 2 unspecified atom stereocenters. The Hall–Kier alpha value is -0.580. The number of benzene rings is 1. The van der Waals surface area contributed by atoms with E-state index >= 15 is 0 Å². The van der Waals surface area contributed by atoms with Crippen LogP contribution in [0.4, 0.5) is 0 Å². The number of hydrogen-bond acceptors (Lipinski definition) is 2. The summed E-state index contributed by atoms with van der Waals surface area (Å²) in [6.07, 6.45) is 4.10. The van der Waals surface area contributed by atoms with E-state index in [1.165, 1.54) is 0 Å². The fraction of sp³-hybridized carbons (Fsp3) is 0.500. The van der Waals surface area contributed by atoms with E-state index < -0.39 is 0 Å². The van der Waals surface area contributed by atoms with E-state index in [1.807, 2.05) is 0 Å². The van der Waals surface area contributed by atoms with Crippen LogP contribution in [-0.4, -0.2) is 23.7 Å². The Balaban J connectivity index is 2.09. The van der Waals surface area contributed by atoms with Gasteiger partial charge in [0.2, 0.25) is 0 Å². The van der Waals surface area contributed by atoms with Gasteiger partial charge < -0.3 is 10.4 Å². The summed E-state index contributed by atoms with van der Waals surface area (Å²) in [6, 6.07) is 5.26. The molecule has 1 aliphatic carbocycles. The van der Waals surface area contributed by atoms with E-state index in [0.717, 1.165) is 30.2 Å². The molecule has 1 fully saturated rings. The molecule has 0 bridgehead atoms. The minimum absolute atomic E-state index is 0.0429. The van der Waals surface area contributed by atoms with Crippen molar-refractivity contribution in [2.45, 2.75) is 31.7 Å². The van der Waals surface area contributed by atoms with Gasteiger partial charge in [0.15, 0.2) is 0 Å². The van der Waals surface area contributed by atoms with Gasteiger partial charge in [0.05, 0.1) is 10.6 Å². The average molecular weight is 347 g/mol. The highest BCUT2D eigenvalue weighted by Gasteiger charge is 2.26. The average Bonchev–Trinajstić information content (AvgIpc) is 2.42. The molecule has 0 aromatic heterocycles. The molecule has 2 rings (SSSR count). The second-order valence-electron chi connectivity index (χ2n) is 4.93. The highest BCUT2D eigenvalue weighted by atomic mass is 79.9. The molecule has 5 heteroatoms. The third-order valence-corrected chi connectivity index (χ3v) is 4.46. The zero-order valence-corrected chi connectivity index (χ0v) is 12.9. The molecule has 0 spiro atoms. The molecule has 1 saturated carbocycles. The van der Waals surface area contributed by atoms with Crippen molar-refractivity contribution >= 4 is 33.4 Å². The summed E-state index contributed by atoms with van der Waals surface area (Å²) in [7, 11) is 0. The molecule has 104 valence electrons. The van der Waals surface area contributed by atoms with E-state index in [4.69, 9.17) is 11.6 Å². The molecule has 1 aromatic rings. The quantitative estimate of drug-likeness (QED) is 0.881. The molecule has 1 amide bonds. The first kappa shape index (κ1) is 14.8. The van der Waals surface area contributed by atoms with Crippen molar-refractivity contribution in [3.8, 4) is 0 Å². The Morgan fingerprint density at radius 1 is 1.42 bits per heavy atom. The Morgan fingerprint density at radius 2 is 2.16 bits per heavy atom. The van der Waals surface area contributed by atoms with Crippen LogP contribution < -0.4 is 5.32 Å². The van der Waals surface area contributed by atoms with Gasteiger partial charge in [-0.15, -0.1) is 0 Å². The number of rotatable bonds is 3. The molecular weight excluding hydrogens is 330 g/mol. The molecule has 0 heterocycles. The Labute approximate surface area is 126 Å². The van der Waals surface area contributed by atoms with Gasteiger partial charge in [0.1, 0.15) is 0 Å². The van der Waals surface area contributed by atoms with Gasteiger partial charge in [-0.2, -0.15) is 0 Å². The van der Waals surface area contributed by atoms with Crippen molar-refractivity contribution in [3.63, 3.8) is 0 Å². The van der Waals surface area contributed by atoms with Crippen LogP contribution in [0.25, 0.3) is 0 Å². The number of hydrogen-bond donors (Lipinski definition) is 2. The smallest absolute Gasteiger partial charge is 0.253 e. The predicted molar refractivity (Wildman–Crippen MR) is 79.5 cm³/mol. The Bertz CT molecular complexity index is 467. The monoisotopic (exact) mass is 345 g/mol. The minimum Gasteiger partial charge on any atom is -0.396 e. The van der Waals surface area contributed by atoms with Gasteiger partial charge in [-0.1, -0.05) is 40.4 Å². The maximum atomic E-state index is 12.2. The lowest BCUT2D eigenvalue weighted by Crippen LogP contribution is -2.43. The second kappa shape index (κ2) is 6.73. The first-order valence-electron chi connectivity index (χ1n) is 6.48. The summed E-state index contributed by atoms with van der Waals surface area (Å²) in [5.41, 5.74) is 0.471.